The van der Waals surface area contributed by atoms with Crippen LogP contribution in [0.2, 0.25) is 0 Å². The minimum atomic E-state index is -0.317. The summed E-state index contributed by atoms with van der Waals surface area (Å²) in [4.78, 5) is 29.9. The maximum absolute atomic E-state index is 12.9. The van der Waals surface area contributed by atoms with E-state index in [1.807, 2.05) is 23.4 Å². The zero-order valence-electron chi connectivity index (χ0n) is 14.7. The first-order valence-corrected chi connectivity index (χ1v) is 8.51. The first-order chi connectivity index (χ1) is 11.5. The Morgan fingerprint density at radius 3 is 2.54 bits per heavy atom. The third kappa shape index (κ3) is 2.46. The van der Waals surface area contributed by atoms with E-state index in [0.29, 0.717) is 30.2 Å². The van der Waals surface area contributed by atoms with Crippen molar-refractivity contribution in [3.05, 3.63) is 20.8 Å². The predicted octanol–water partition coefficient (Wildman–Crippen LogP) is 1.30. The molecule has 0 saturated carbocycles. The minimum absolute atomic E-state index is 0.265. The van der Waals surface area contributed by atoms with E-state index in [2.05, 4.69) is 17.0 Å². The molecular weight excluding hydrogens is 308 g/mol. The van der Waals surface area contributed by atoms with Crippen LogP contribution in [0.3, 0.4) is 0 Å². The molecule has 3 heterocycles. The number of unbranched alkanes of at least 4 members (excludes halogenated alkanes) is 1. The molecule has 0 spiro atoms. The summed E-state index contributed by atoms with van der Waals surface area (Å²) < 4.78 is 4.65. The fraction of sp³-hybridized carbons (Fsp3) is 0.625. The summed E-state index contributed by atoms with van der Waals surface area (Å²) in [7, 11) is 1.67. The summed E-state index contributed by atoms with van der Waals surface area (Å²) in [5.41, 5.74) is 1.25. The Morgan fingerprint density at radius 2 is 1.88 bits per heavy atom. The summed E-state index contributed by atoms with van der Waals surface area (Å²) >= 11 is 0. The highest BCUT2D eigenvalue weighted by atomic mass is 16.2. The second-order valence-corrected chi connectivity index (χ2v) is 6.28. The first kappa shape index (κ1) is 16.5. The van der Waals surface area contributed by atoms with E-state index < -0.39 is 0 Å². The lowest BCUT2D eigenvalue weighted by Crippen LogP contribution is -2.40. The van der Waals surface area contributed by atoms with E-state index in [0.717, 1.165) is 31.5 Å². The Balaban J connectivity index is 2.28. The zero-order valence-corrected chi connectivity index (χ0v) is 14.7. The first-order valence-electron chi connectivity index (χ1n) is 8.51. The third-order valence-electron chi connectivity index (χ3n) is 4.29. The molecular formula is C16H24N6O2. The van der Waals surface area contributed by atoms with Crippen molar-refractivity contribution in [1.82, 2.24) is 18.7 Å². The third-order valence-corrected chi connectivity index (χ3v) is 4.29. The molecule has 3 rings (SSSR count). The summed E-state index contributed by atoms with van der Waals surface area (Å²) in [6.45, 7) is 7.69. The molecule has 1 aliphatic rings. The van der Waals surface area contributed by atoms with Gasteiger partial charge in [0.1, 0.15) is 0 Å². The quantitative estimate of drug-likeness (QED) is 0.827. The number of aryl methyl sites for hydroxylation is 1. The van der Waals surface area contributed by atoms with Crippen molar-refractivity contribution in [2.24, 2.45) is 12.1 Å². The molecule has 2 aromatic rings. The SMILES string of the molecule is CCCCN1N=C(C)Cn2c1nc1c2c(=O)n(CCC)c(=O)n1C. The van der Waals surface area contributed by atoms with Crippen LogP contribution in [0.25, 0.3) is 11.2 Å². The maximum atomic E-state index is 12.9. The molecule has 8 nitrogen and oxygen atoms in total. The van der Waals surface area contributed by atoms with Gasteiger partial charge in [0.25, 0.3) is 5.56 Å². The van der Waals surface area contributed by atoms with Gasteiger partial charge in [-0.1, -0.05) is 20.3 Å². The van der Waals surface area contributed by atoms with Crippen LogP contribution >= 0.6 is 0 Å². The molecule has 0 unspecified atom stereocenters. The van der Waals surface area contributed by atoms with Gasteiger partial charge in [0.2, 0.25) is 5.95 Å². The van der Waals surface area contributed by atoms with Gasteiger partial charge >= 0.3 is 5.69 Å². The normalized spacial score (nSPS) is 14.2. The van der Waals surface area contributed by atoms with Crippen LogP contribution in [-0.2, 0) is 20.1 Å². The number of imidazole rings is 1. The lowest BCUT2D eigenvalue weighted by molar-refractivity contribution is 0.590. The number of rotatable bonds is 5. The van der Waals surface area contributed by atoms with E-state index in [-0.39, 0.29) is 11.2 Å². The Hall–Kier alpha value is -2.38. The summed E-state index contributed by atoms with van der Waals surface area (Å²) in [5.74, 6) is 0.644. The van der Waals surface area contributed by atoms with Crippen LogP contribution in [0.5, 0.6) is 0 Å². The van der Waals surface area contributed by atoms with E-state index in [9.17, 15) is 9.59 Å². The fourth-order valence-corrected chi connectivity index (χ4v) is 3.10. The number of hydrazone groups is 1. The standard InChI is InChI=1S/C16H24N6O2/c1-5-7-9-22-15-17-13-12(21(15)10-11(3)18-22)14(23)20(8-6-2)16(24)19(13)4/h5-10H2,1-4H3. The largest absolute Gasteiger partial charge is 0.332 e. The molecule has 1 aliphatic heterocycles. The number of fused-ring (bicyclic) bond motifs is 3. The molecule has 0 aliphatic carbocycles. The smallest absolute Gasteiger partial charge is 0.297 e. The van der Waals surface area contributed by atoms with Gasteiger partial charge in [-0.05, 0) is 19.8 Å². The molecule has 0 radical (unpaired) electrons. The predicted molar refractivity (Wildman–Crippen MR) is 94.9 cm³/mol. The molecule has 0 fully saturated rings. The van der Waals surface area contributed by atoms with Crippen molar-refractivity contribution in [3.63, 3.8) is 0 Å². The van der Waals surface area contributed by atoms with Crippen molar-refractivity contribution in [2.45, 2.75) is 53.1 Å². The average Bonchev–Trinajstić information content (AvgIpc) is 2.94. The second-order valence-electron chi connectivity index (χ2n) is 6.28. The van der Waals surface area contributed by atoms with Crippen LogP contribution in [0, 0.1) is 0 Å². The van der Waals surface area contributed by atoms with Crippen molar-refractivity contribution in [1.29, 1.82) is 0 Å². The van der Waals surface area contributed by atoms with Crippen LogP contribution in [0.4, 0.5) is 5.95 Å². The summed E-state index contributed by atoms with van der Waals surface area (Å²) in [6, 6.07) is 0. The van der Waals surface area contributed by atoms with Crippen LogP contribution in [0.15, 0.2) is 14.7 Å². The van der Waals surface area contributed by atoms with Gasteiger partial charge in [-0.2, -0.15) is 10.1 Å². The summed E-state index contributed by atoms with van der Waals surface area (Å²) in [5, 5.41) is 6.41. The van der Waals surface area contributed by atoms with E-state index in [1.165, 1.54) is 9.13 Å². The monoisotopic (exact) mass is 332 g/mol. The Morgan fingerprint density at radius 1 is 1.12 bits per heavy atom. The molecule has 0 bridgehead atoms. The number of hydrogen-bond acceptors (Lipinski definition) is 5. The van der Waals surface area contributed by atoms with E-state index in [1.54, 1.807) is 7.05 Å². The van der Waals surface area contributed by atoms with Crippen molar-refractivity contribution in [3.8, 4) is 0 Å². The molecule has 2 aromatic heterocycles. The van der Waals surface area contributed by atoms with Gasteiger partial charge in [0.05, 0.1) is 12.3 Å². The molecule has 8 heteroatoms. The zero-order chi connectivity index (χ0) is 17.4. The molecule has 24 heavy (non-hydrogen) atoms. The Kier molecular flexibility index (Phi) is 4.29. The van der Waals surface area contributed by atoms with Crippen molar-refractivity contribution < 1.29 is 0 Å². The number of anilines is 1. The lowest BCUT2D eigenvalue weighted by atomic mass is 10.3. The summed E-state index contributed by atoms with van der Waals surface area (Å²) in [6.07, 6.45) is 2.76. The lowest BCUT2D eigenvalue weighted by Gasteiger charge is -2.24. The second kappa shape index (κ2) is 6.26. The van der Waals surface area contributed by atoms with Crippen LogP contribution in [0.1, 0.15) is 40.0 Å². The highest BCUT2D eigenvalue weighted by molar-refractivity contribution is 5.87. The minimum Gasteiger partial charge on any atom is -0.297 e. The Labute approximate surface area is 140 Å². The van der Waals surface area contributed by atoms with Crippen molar-refractivity contribution >= 4 is 22.8 Å². The molecule has 0 amide bonds. The fourth-order valence-electron chi connectivity index (χ4n) is 3.10. The van der Waals surface area contributed by atoms with Gasteiger partial charge in [-0.25, -0.2) is 9.80 Å². The molecule has 0 aromatic carbocycles. The van der Waals surface area contributed by atoms with Crippen molar-refractivity contribution in [2.75, 3.05) is 11.6 Å². The molecule has 0 N–H and O–H groups in total. The van der Waals surface area contributed by atoms with Gasteiger partial charge in [0.15, 0.2) is 11.2 Å². The van der Waals surface area contributed by atoms with E-state index >= 15 is 0 Å². The Bertz CT molecular complexity index is 917. The number of aromatic nitrogens is 4. The highest BCUT2D eigenvalue weighted by Gasteiger charge is 2.26. The highest BCUT2D eigenvalue weighted by Crippen LogP contribution is 2.23. The maximum Gasteiger partial charge on any atom is 0.332 e. The number of hydrogen-bond donors (Lipinski definition) is 0. The van der Waals surface area contributed by atoms with Gasteiger partial charge in [-0.15, -0.1) is 0 Å². The average molecular weight is 332 g/mol. The van der Waals surface area contributed by atoms with Crippen LogP contribution in [-0.4, -0.2) is 30.9 Å². The van der Waals surface area contributed by atoms with Gasteiger partial charge in [-0.3, -0.25) is 18.5 Å². The van der Waals surface area contributed by atoms with Crippen LogP contribution < -0.4 is 16.3 Å². The van der Waals surface area contributed by atoms with Gasteiger partial charge in [0, 0.05) is 20.1 Å². The molecule has 130 valence electrons. The molecule has 0 atom stereocenters. The molecule has 0 saturated heterocycles. The number of nitrogens with zero attached hydrogens (tertiary/aromatic N) is 6. The van der Waals surface area contributed by atoms with E-state index in [4.69, 9.17) is 0 Å². The van der Waals surface area contributed by atoms with Gasteiger partial charge < -0.3 is 0 Å². The topological polar surface area (TPSA) is 77.4 Å².